The quantitative estimate of drug-likeness (QED) is 0.316. The van der Waals surface area contributed by atoms with Gasteiger partial charge in [-0.25, -0.2) is 19.4 Å². The number of hydrogen-bond donors (Lipinski definition) is 0. The van der Waals surface area contributed by atoms with Crippen LogP contribution in [0.1, 0.15) is 0 Å². The topological polar surface area (TPSA) is 50.0 Å². The summed E-state index contributed by atoms with van der Waals surface area (Å²) in [5.41, 5.74) is 5.20. The Morgan fingerprint density at radius 1 is 0.636 bits per heavy atom. The van der Waals surface area contributed by atoms with Crippen molar-refractivity contribution in [3.05, 3.63) is 111 Å². The largest absolute Gasteiger partial charge is 0.368 e. The Bertz CT molecular complexity index is 1580. The van der Waals surface area contributed by atoms with Gasteiger partial charge in [0.1, 0.15) is 5.56 Å². The van der Waals surface area contributed by atoms with Crippen LogP contribution in [0.3, 0.4) is 0 Å². The van der Waals surface area contributed by atoms with Crippen LogP contribution in [0, 0.1) is 0 Å². The van der Waals surface area contributed by atoms with Gasteiger partial charge in [-0.15, -0.1) is 0 Å². The second kappa shape index (κ2) is 7.76. The fourth-order valence-electron chi connectivity index (χ4n) is 4.08. The van der Waals surface area contributed by atoms with E-state index in [0.29, 0.717) is 27.9 Å². The van der Waals surface area contributed by atoms with Crippen molar-refractivity contribution in [2.24, 2.45) is 0 Å². The SMILES string of the molecule is C=c1cc(Cl)cc2c1=[O+]c1cccc(-c3nc(-c4ccccc4)nc(-c4ccccc4)n3)c1-2. The number of hydrogen-bond acceptors (Lipinski definition) is 3. The van der Waals surface area contributed by atoms with Crippen LogP contribution in [0.5, 0.6) is 5.75 Å². The molecule has 2 heterocycles. The van der Waals surface area contributed by atoms with E-state index in [1.54, 1.807) is 6.07 Å². The molecule has 0 spiro atoms. The van der Waals surface area contributed by atoms with Crippen molar-refractivity contribution in [1.82, 2.24) is 15.0 Å². The fraction of sp³-hybridized carbons (Fsp3) is 0. The van der Waals surface area contributed by atoms with Crippen molar-refractivity contribution in [2.75, 3.05) is 0 Å². The molecule has 0 fully saturated rings. The maximum Gasteiger partial charge on any atom is 0.368 e. The highest BCUT2D eigenvalue weighted by atomic mass is 35.5. The lowest BCUT2D eigenvalue weighted by Crippen LogP contribution is -2.23. The molecule has 0 unspecified atom stereocenters. The normalized spacial score (nSPS) is 11.5. The minimum absolute atomic E-state index is 0.571. The summed E-state index contributed by atoms with van der Waals surface area (Å²) in [5, 5.41) is 1.35. The molecule has 0 aliphatic carbocycles. The summed E-state index contributed by atoms with van der Waals surface area (Å²) in [6.45, 7) is 4.10. The first-order valence-electron chi connectivity index (χ1n) is 10.5. The fourth-order valence-corrected chi connectivity index (χ4v) is 4.32. The zero-order valence-electron chi connectivity index (χ0n) is 17.5. The van der Waals surface area contributed by atoms with Gasteiger partial charge >= 0.3 is 11.2 Å². The Morgan fingerprint density at radius 2 is 1.24 bits per heavy atom. The average molecular weight is 447 g/mol. The van der Waals surface area contributed by atoms with E-state index in [0.717, 1.165) is 38.8 Å². The molecule has 33 heavy (non-hydrogen) atoms. The summed E-state index contributed by atoms with van der Waals surface area (Å²) in [7, 11) is 0. The number of halogens is 1. The van der Waals surface area contributed by atoms with E-state index in [4.69, 9.17) is 31.0 Å². The third-order valence-corrected chi connectivity index (χ3v) is 5.80. The monoisotopic (exact) mass is 446 g/mol. The molecule has 6 rings (SSSR count). The maximum atomic E-state index is 6.37. The average Bonchev–Trinajstić information content (AvgIpc) is 3.24. The molecular formula is C28H17ClN3O+. The summed E-state index contributed by atoms with van der Waals surface area (Å²) < 4.78 is 6.14. The second-order valence-electron chi connectivity index (χ2n) is 7.76. The maximum absolute atomic E-state index is 6.37. The van der Waals surface area contributed by atoms with E-state index in [2.05, 4.69) is 6.58 Å². The van der Waals surface area contributed by atoms with Gasteiger partial charge in [-0.3, -0.25) is 0 Å². The van der Waals surface area contributed by atoms with E-state index in [1.807, 2.05) is 84.9 Å². The highest BCUT2D eigenvalue weighted by Gasteiger charge is 2.31. The van der Waals surface area contributed by atoms with Crippen LogP contribution in [0.15, 0.2) is 95.4 Å². The molecule has 0 atom stereocenters. The second-order valence-corrected chi connectivity index (χ2v) is 8.20. The standard InChI is InChI=1S/C28H17ClN3O/c1-17-15-20(29)16-22-24-21(13-8-14-23(24)33-25(17)22)28-31-26(18-9-4-2-5-10-18)30-27(32-28)19-11-6-3-7-12-19/h2-16H,1H2/q+1. The van der Waals surface area contributed by atoms with E-state index < -0.39 is 0 Å². The predicted molar refractivity (Wildman–Crippen MR) is 133 cm³/mol. The van der Waals surface area contributed by atoms with Crippen LogP contribution in [0.25, 0.3) is 51.9 Å². The lowest BCUT2D eigenvalue weighted by Gasteiger charge is -2.09. The van der Waals surface area contributed by atoms with Crippen LogP contribution in [-0.2, 0) is 0 Å². The first-order valence-corrected chi connectivity index (χ1v) is 10.9. The van der Waals surface area contributed by atoms with Crippen molar-refractivity contribution < 1.29 is 0 Å². The van der Waals surface area contributed by atoms with Gasteiger partial charge in [0.25, 0.3) is 0 Å². The lowest BCUT2D eigenvalue weighted by atomic mass is 9.98. The van der Waals surface area contributed by atoms with Crippen molar-refractivity contribution in [2.45, 2.75) is 0 Å². The summed E-state index contributed by atoms with van der Waals surface area (Å²) in [5.74, 6) is 2.53. The predicted octanol–water partition coefficient (Wildman–Crippen LogP) is 5.95. The first-order chi connectivity index (χ1) is 16.2. The molecule has 1 aromatic heterocycles. The van der Waals surface area contributed by atoms with E-state index in [1.165, 1.54) is 0 Å². The summed E-state index contributed by atoms with van der Waals surface area (Å²) in [6.07, 6.45) is 0. The van der Waals surface area contributed by atoms with E-state index >= 15 is 0 Å². The Morgan fingerprint density at radius 3 is 1.88 bits per heavy atom. The summed E-state index contributed by atoms with van der Waals surface area (Å²) >= 11 is 6.37. The molecule has 1 aliphatic rings. The molecule has 4 nitrogen and oxygen atoms in total. The molecule has 5 aromatic rings. The van der Waals surface area contributed by atoms with Crippen LogP contribution in [-0.4, -0.2) is 15.0 Å². The highest BCUT2D eigenvalue weighted by molar-refractivity contribution is 6.31. The Kier molecular flexibility index (Phi) is 4.60. The van der Waals surface area contributed by atoms with Gasteiger partial charge in [0, 0.05) is 27.8 Å². The molecule has 4 aromatic carbocycles. The molecule has 0 amide bonds. The van der Waals surface area contributed by atoms with Gasteiger partial charge in [0.15, 0.2) is 17.5 Å². The van der Waals surface area contributed by atoms with Gasteiger partial charge in [-0.05, 0) is 18.2 Å². The van der Waals surface area contributed by atoms with Crippen molar-refractivity contribution in [3.63, 3.8) is 0 Å². The van der Waals surface area contributed by atoms with Gasteiger partial charge < -0.3 is 0 Å². The number of fused-ring (bicyclic) bond motifs is 3. The molecule has 0 saturated carbocycles. The lowest BCUT2D eigenvalue weighted by molar-refractivity contribution is 1.07. The molecule has 156 valence electrons. The smallest absolute Gasteiger partial charge is 0.208 e. The summed E-state index contributed by atoms with van der Waals surface area (Å²) in [6, 6.07) is 29.4. The molecule has 0 N–H and O–H groups in total. The minimum Gasteiger partial charge on any atom is -0.208 e. The van der Waals surface area contributed by atoms with Crippen LogP contribution in [0.2, 0.25) is 5.02 Å². The molecule has 0 radical (unpaired) electrons. The number of rotatable bonds is 3. The van der Waals surface area contributed by atoms with Crippen LogP contribution < -0.4 is 10.6 Å². The highest BCUT2D eigenvalue weighted by Crippen LogP contribution is 2.41. The molecule has 1 aliphatic heterocycles. The summed E-state index contributed by atoms with van der Waals surface area (Å²) in [4.78, 5) is 14.5. The zero-order chi connectivity index (χ0) is 22.4. The Labute approximate surface area is 195 Å². The number of nitrogens with zero attached hydrogens (tertiary/aromatic N) is 3. The van der Waals surface area contributed by atoms with E-state index in [-0.39, 0.29) is 0 Å². The van der Waals surface area contributed by atoms with Gasteiger partial charge in [-0.1, -0.05) is 84.9 Å². The molecule has 0 bridgehead atoms. The van der Waals surface area contributed by atoms with Gasteiger partial charge in [0.2, 0.25) is 0 Å². The van der Waals surface area contributed by atoms with E-state index in [9.17, 15) is 0 Å². The Hall–Kier alpha value is -4.15. The Balaban J connectivity index is 1.62. The number of benzene rings is 4. The third kappa shape index (κ3) is 3.41. The van der Waals surface area contributed by atoms with Crippen molar-refractivity contribution >= 4 is 18.2 Å². The molecular weight excluding hydrogens is 430 g/mol. The van der Waals surface area contributed by atoms with Crippen molar-refractivity contribution in [1.29, 1.82) is 0 Å². The van der Waals surface area contributed by atoms with Crippen LogP contribution >= 0.6 is 11.6 Å². The molecule has 0 saturated heterocycles. The number of aromatic nitrogens is 3. The third-order valence-electron chi connectivity index (χ3n) is 5.58. The van der Waals surface area contributed by atoms with Crippen molar-refractivity contribution in [3.8, 4) is 51.0 Å². The van der Waals surface area contributed by atoms with Crippen LogP contribution in [0.4, 0.5) is 0 Å². The molecule has 5 heteroatoms. The van der Waals surface area contributed by atoms with Gasteiger partial charge in [-0.2, -0.15) is 0 Å². The zero-order valence-corrected chi connectivity index (χ0v) is 18.3. The first kappa shape index (κ1) is 19.5. The van der Waals surface area contributed by atoms with Gasteiger partial charge in [0.05, 0.1) is 10.8 Å². The minimum atomic E-state index is 0.571.